The summed E-state index contributed by atoms with van der Waals surface area (Å²) in [5.41, 5.74) is 0.683. The Bertz CT molecular complexity index is 411. The lowest BCUT2D eigenvalue weighted by Gasteiger charge is -2.26. The number of hydrogen-bond donors (Lipinski definition) is 2. The Morgan fingerprint density at radius 1 is 1.37 bits per heavy atom. The summed E-state index contributed by atoms with van der Waals surface area (Å²) < 4.78 is 12.9. The van der Waals surface area contributed by atoms with Gasteiger partial charge in [0.25, 0.3) is 0 Å². The van der Waals surface area contributed by atoms with E-state index >= 15 is 0 Å². The molecule has 0 aliphatic heterocycles. The number of amides is 1. The van der Waals surface area contributed by atoms with Gasteiger partial charge < -0.3 is 10.4 Å². The molecule has 0 bridgehead atoms. The van der Waals surface area contributed by atoms with Gasteiger partial charge >= 0.3 is 0 Å². The Labute approximate surface area is 113 Å². The molecule has 1 amide bonds. The van der Waals surface area contributed by atoms with Crippen LogP contribution in [0.5, 0.6) is 0 Å². The second-order valence-corrected chi connectivity index (χ2v) is 5.40. The third-order valence-corrected chi connectivity index (χ3v) is 3.41. The monoisotopic (exact) mass is 267 g/mol. The summed E-state index contributed by atoms with van der Waals surface area (Å²) in [5.74, 6) is -0.765. The second kappa shape index (κ2) is 6.66. The summed E-state index contributed by atoms with van der Waals surface area (Å²) >= 11 is 0. The van der Waals surface area contributed by atoms with Crippen LogP contribution >= 0.6 is 0 Å². The molecule has 4 heteroatoms. The maximum absolute atomic E-state index is 12.9. The Morgan fingerprint density at radius 2 is 1.95 bits per heavy atom. The van der Waals surface area contributed by atoms with Crippen molar-refractivity contribution in [1.82, 2.24) is 5.32 Å². The number of benzene rings is 1. The molecule has 0 heterocycles. The highest BCUT2D eigenvalue weighted by Gasteiger charge is 2.23. The Balaban J connectivity index is 2.65. The number of aliphatic hydroxyl groups is 1. The van der Waals surface area contributed by atoms with Gasteiger partial charge in [-0.15, -0.1) is 0 Å². The molecule has 0 saturated heterocycles. The molecule has 0 aliphatic carbocycles. The Kier molecular flexibility index (Phi) is 5.48. The minimum atomic E-state index is -0.357. The standard InChI is InChI=1S/C15H22FNO2/c1-4-11(9-18)14(19)17-10-15(2,3)12-5-7-13(16)8-6-12/h5-8,11,18H,4,9-10H2,1-3H3,(H,17,19). The average molecular weight is 267 g/mol. The van der Waals surface area contributed by atoms with E-state index in [2.05, 4.69) is 5.32 Å². The van der Waals surface area contributed by atoms with E-state index in [0.29, 0.717) is 13.0 Å². The fourth-order valence-corrected chi connectivity index (χ4v) is 1.85. The van der Waals surface area contributed by atoms with Gasteiger partial charge in [0, 0.05) is 12.0 Å². The SMILES string of the molecule is CCC(CO)C(=O)NCC(C)(C)c1ccc(F)cc1. The van der Waals surface area contributed by atoms with Gasteiger partial charge in [0.1, 0.15) is 5.82 Å². The zero-order valence-electron chi connectivity index (χ0n) is 11.7. The molecular weight excluding hydrogens is 245 g/mol. The lowest BCUT2D eigenvalue weighted by Crippen LogP contribution is -2.40. The van der Waals surface area contributed by atoms with E-state index in [0.717, 1.165) is 5.56 Å². The van der Waals surface area contributed by atoms with Gasteiger partial charge in [0.05, 0.1) is 12.5 Å². The summed E-state index contributed by atoms with van der Waals surface area (Å²) in [4.78, 5) is 11.8. The van der Waals surface area contributed by atoms with E-state index < -0.39 is 0 Å². The molecule has 19 heavy (non-hydrogen) atoms. The first kappa shape index (κ1) is 15.6. The predicted octanol–water partition coefficient (Wildman–Crippen LogP) is 2.24. The van der Waals surface area contributed by atoms with Gasteiger partial charge in [0.15, 0.2) is 0 Å². The van der Waals surface area contributed by atoms with Crippen LogP contribution in [-0.2, 0) is 10.2 Å². The highest BCUT2D eigenvalue weighted by molar-refractivity contribution is 5.78. The van der Waals surface area contributed by atoms with Crippen LogP contribution in [0.2, 0.25) is 0 Å². The van der Waals surface area contributed by atoms with Crippen LogP contribution in [0.25, 0.3) is 0 Å². The van der Waals surface area contributed by atoms with Crippen molar-refractivity contribution in [3.63, 3.8) is 0 Å². The highest BCUT2D eigenvalue weighted by atomic mass is 19.1. The van der Waals surface area contributed by atoms with Crippen molar-refractivity contribution in [1.29, 1.82) is 0 Å². The molecular formula is C15H22FNO2. The molecule has 3 nitrogen and oxygen atoms in total. The maximum atomic E-state index is 12.9. The van der Waals surface area contributed by atoms with Crippen LogP contribution in [0, 0.1) is 11.7 Å². The van der Waals surface area contributed by atoms with Crippen molar-refractivity contribution < 1.29 is 14.3 Å². The predicted molar refractivity (Wildman–Crippen MR) is 73.3 cm³/mol. The van der Waals surface area contributed by atoms with Crippen LogP contribution in [0.1, 0.15) is 32.8 Å². The summed E-state index contributed by atoms with van der Waals surface area (Å²) in [5, 5.41) is 11.9. The van der Waals surface area contributed by atoms with E-state index in [-0.39, 0.29) is 29.7 Å². The number of aliphatic hydroxyl groups excluding tert-OH is 1. The normalized spacial score (nSPS) is 13.1. The second-order valence-electron chi connectivity index (χ2n) is 5.40. The molecule has 0 aliphatic rings. The van der Waals surface area contributed by atoms with Crippen molar-refractivity contribution in [2.75, 3.05) is 13.2 Å². The quantitative estimate of drug-likeness (QED) is 0.830. The van der Waals surface area contributed by atoms with Crippen LogP contribution < -0.4 is 5.32 Å². The Hall–Kier alpha value is -1.42. The molecule has 1 aromatic rings. The van der Waals surface area contributed by atoms with E-state index in [1.165, 1.54) is 12.1 Å². The highest BCUT2D eigenvalue weighted by Crippen LogP contribution is 2.22. The fourth-order valence-electron chi connectivity index (χ4n) is 1.85. The van der Waals surface area contributed by atoms with Gasteiger partial charge in [-0.2, -0.15) is 0 Å². The van der Waals surface area contributed by atoms with Gasteiger partial charge in [-0.3, -0.25) is 4.79 Å². The minimum Gasteiger partial charge on any atom is -0.396 e. The lowest BCUT2D eigenvalue weighted by molar-refractivity contribution is -0.126. The van der Waals surface area contributed by atoms with Gasteiger partial charge in [-0.05, 0) is 24.1 Å². The van der Waals surface area contributed by atoms with Gasteiger partial charge in [-0.1, -0.05) is 32.9 Å². The zero-order chi connectivity index (χ0) is 14.5. The fraction of sp³-hybridized carbons (Fsp3) is 0.533. The molecule has 1 aromatic carbocycles. The smallest absolute Gasteiger partial charge is 0.225 e. The van der Waals surface area contributed by atoms with Crippen molar-refractivity contribution in [2.24, 2.45) is 5.92 Å². The third kappa shape index (κ3) is 4.31. The summed E-state index contributed by atoms with van der Waals surface area (Å²) in [6.07, 6.45) is 0.610. The summed E-state index contributed by atoms with van der Waals surface area (Å²) in [7, 11) is 0. The minimum absolute atomic E-state index is 0.139. The van der Waals surface area contributed by atoms with Crippen molar-refractivity contribution in [3.8, 4) is 0 Å². The topological polar surface area (TPSA) is 49.3 Å². The van der Waals surface area contributed by atoms with Crippen LogP contribution in [0.15, 0.2) is 24.3 Å². The first-order valence-corrected chi connectivity index (χ1v) is 6.55. The molecule has 2 N–H and O–H groups in total. The molecule has 0 saturated carbocycles. The molecule has 0 radical (unpaired) electrons. The molecule has 1 rings (SSSR count). The van der Waals surface area contributed by atoms with Crippen LogP contribution in [-0.4, -0.2) is 24.2 Å². The molecule has 106 valence electrons. The van der Waals surface area contributed by atoms with Crippen molar-refractivity contribution in [2.45, 2.75) is 32.6 Å². The molecule has 0 aromatic heterocycles. The van der Waals surface area contributed by atoms with Crippen molar-refractivity contribution >= 4 is 5.91 Å². The zero-order valence-corrected chi connectivity index (χ0v) is 11.7. The molecule has 1 atom stereocenters. The first-order chi connectivity index (χ1) is 8.90. The summed E-state index contributed by atoms with van der Waals surface area (Å²) in [6.45, 7) is 6.15. The maximum Gasteiger partial charge on any atom is 0.225 e. The van der Waals surface area contributed by atoms with E-state index in [1.807, 2.05) is 20.8 Å². The number of carbonyl (C=O) groups excluding carboxylic acids is 1. The first-order valence-electron chi connectivity index (χ1n) is 6.55. The number of halogens is 1. The van der Waals surface area contributed by atoms with Crippen LogP contribution in [0.4, 0.5) is 4.39 Å². The van der Waals surface area contributed by atoms with Gasteiger partial charge in [-0.25, -0.2) is 4.39 Å². The summed E-state index contributed by atoms with van der Waals surface area (Å²) in [6, 6.07) is 6.29. The third-order valence-electron chi connectivity index (χ3n) is 3.41. The number of rotatable bonds is 6. The van der Waals surface area contributed by atoms with Crippen LogP contribution in [0.3, 0.4) is 0 Å². The molecule has 0 spiro atoms. The molecule has 1 unspecified atom stereocenters. The average Bonchev–Trinajstić information content (AvgIpc) is 2.38. The largest absolute Gasteiger partial charge is 0.396 e. The number of hydrogen-bond acceptors (Lipinski definition) is 2. The van der Waals surface area contributed by atoms with Gasteiger partial charge in [0.2, 0.25) is 5.91 Å². The van der Waals surface area contributed by atoms with E-state index in [9.17, 15) is 9.18 Å². The van der Waals surface area contributed by atoms with E-state index in [1.54, 1.807) is 12.1 Å². The number of nitrogens with one attached hydrogen (secondary N) is 1. The molecule has 0 fully saturated rings. The number of carbonyl (C=O) groups is 1. The van der Waals surface area contributed by atoms with Crippen molar-refractivity contribution in [3.05, 3.63) is 35.6 Å². The van der Waals surface area contributed by atoms with E-state index in [4.69, 9.17) is 5.11 Å². The Morgan fingerprint density at radius 3 is 2.42 bits per heavy atom. The lowest BCUT2D eigenvalue weighted by atomic mass is 9.84.